The van der Waals surface area contributed by atoms with Crippen molar-refractivity contribution in [3.63, 3.8) is 0 Å². The van der Waals surface area contributed by atoms with Crippen molar-refractivity contribution in [2.24, 2.45) is 0 Å². The molecule has 2 heterocycles. The number of H-pyrrole nitrogens is 1. The second-order valence-corrected chi connectivity index (χ2v) is 7.57. The number of nitrogens with one attached hydrogen (secondary N) is 1. The van der Waals surface area contributed by atoms with E-state index in [-0.39, 0.29) is 17.9 Å². The van der Waals surface area contributed by atoms with Gasteiger partial charge in [0.2, 0.25) is 5.91 Å². The van der Waals surface area contributed by atoms with E-state index in [4.69, 9.17) is 9.47 Å². The molecule has 0 aliphatic carbocycles. The van der Waals surface area contributed by atoms with Gasteiger partial charge in [-0.1, -0.05) is 24.3 Å². The van der Waals surface area contributed by atoms with Crippen molar-refractivity contribution < 1.29 is 14.3 Å². The van der Waals surface area contributed by atoms with E-state index >= 15 is 0 Å². The van der Waals surface area contributed by atoms with E-state index in [1.165, 1.54) is 0 Å². The van der Waals surface area contributed by atoms with Crippen LogP contribution in [0, 0.1) is 0 Å². The highest BCUT2D eigenvalue weighted by Gasteiger charge is 2.22. The van der Waals surface area contributed by atoms with Crippen LogP contribution < -0.4 is 15.0 Å². The first-order valence-electron chi connectivity index (χ1n) is 10.3. The Morgan fingerprint density at radius 3 is 2.42 bits per heavy atom. The van der Waals surface area contributed by atoms with Crippen molar-refractivity contribution in [2.45, 2.75) is 13.0 Å². The highest BCUT2D eigenvalue weighted by atomic mass is 16.5. The molecule has 2 aromatic carbocycles. The molecule has 0 radical (unpaired) electrons. The first-order chi connectivity index (χ1) is 15.1. The number of amides is 1. The average Bonchev–Trinajstić information content (AvgIpc) is 2.81. The Hall–Kier alpha value is -3.39. The number of carbonyl (C=O) groups is 1. The van der Waals surface area contributed by atoms with E-state index in [1.807, 2.05) is 35.2 Å². The van der Waals surface area contributed by atoms with Gasteiger partial charge in [0.1, 0.15) is 0 Å². The molecule has 4 rings (SSSR count). The molecule has 1 aliphatic rings. The monoisotopic (exact) mass is 422 g/mol. The van der Waals surface area contributed by atoms with E-state index in [0.29, 0.717) is 29.9 Å². The molecule has 0 unspecified atom stereocenters. The topological polar surface area (TPSA) is 87.8 Å². The summed E-state index contributed by atoms with van der Waals surface area (Å²) in [6.07, 6.45) is 0.174. The van der Waals surface area contributed by atoms with E-state index in [1.54, 1.807) is 26.4 Å². The van der Waals surface area contributed by atoms with Crippen LogP contribution >= 0.6 is 0 Å². The van der Waals surface area contributed by atoms with Crippen LogP contribution in [0.4, 0.5) is 0 Å². The lowest BCUT2D eigenvalue weighted by Gasteiger charge is -2.34. The number of aromatic nitrogens is 2. The second kappa shape index (κ2) is 9.18. The van der Waals surface area contributed by atoms with Gasteiger partial charge in [0.05, 0.1) is 31.7 Å². The minimum atomic E-state index is -0.240. The third-order valence-corrected chi connectivity index (χ3v) is 5.67. The average molecular weight is 422 g/mol. The van der Waals surface area contributed by atoms with Crippen molar-refractivity contribution in [2.75, 3.05) is 40.4 Å². The molecule has 1 N–H and O–H groups in total. The Morgan fingerprint density at radius 1 is 1.00 bits per heavy atom. The summed E-state index contributed by atoms with van der Waals surface area (Å²) in [5, 5.41) is 7.91. The number of rotatable bonds is 6. The number of aromatic amines is 1. The van der Waals surface area contributed by atoms with Gasteiger partial charge in [-0.2, -0.15) is 5.10 Å². The van der Waals surface area contributed by atoms with Gasteiger partial charge >= 0.3 is 0 Å². The summed E-state index contributed by atoms with van der Waals surface area (Å²) in [5.41, 5.74) is 1.50. The van der Waals surface area contributed by atoms with Crippen LogP contribution in [0.15, 0.2) is 47.3 Å². The summed E-state index contributed by atoms with van der Waals surface area (Å²) < 4.78 is 10.7. The number of carbonyl (C=O) groups excluding carboxylic acids is 1. The summed E-state index contributed by atoms with van der Waals surface area (Å²) >= 11 is 0. The fourth-order valence-corrected chi connectivity index (χ4v) is 3.95. The number of methoxy groups -OCH3 is 2. The number of ether oxygens (including phenoxy) is 2. The van der Waals surface area contributed by atoms with Crippen molar-refractivity contribution in [3.05, 3.63) is 64.1 Å². The third kappa shape index (κ3) is 4.54. The highest BCUT2D eigenvalue weighted by Crippen LogP contribution is 2.28. The summed E-state index contributed by atoms with van der Waals surface area (Å²) in [6.45, 7) is 3.69. The summed E-state index contributed by atoms with van der Waals surface area (Å²) in [5.74, 6) is 1.45. The van der Waals surface area contributed by atoms with Crippen molar-refractivity contribution in [1.29, 1.82) is 0 Å². The number of hydrogen-bond donors (Lipinski definition) is 1. The molecule has 1 fully saturated rings. The molecular weight excluding hydrogens is 396 g/mol. The van der Waals surface area contributed by atoms with E-state index < -0.39 is 0 Å². The minimum absolute atomic E-state index is 0.0236. The smallest absolute Gasteiger partial charge is 0.272 e. The molecule has 0 saturated carbocycles. The van der Waals surface area contributed by atoms with Gasteiger partial charge in [0.25, 0.3) is 5.56 Å². The molecule has 0 bridgehead atoms. The largest absolute Gasteiger partial charge is 0.493 e. The van der Waals surface area contributed by atoms with Crippen LogP contribution in [0.3, 0.4) is 0 Å². The minimum Gasteiger partial charge on any atom is -0.493 e. The number of hydrogen-bond acceptors (Lipinski definition) is 6. The Kier molecular flexibility index (Phi) is 6.18. The number of piperazine rings is 1. The Labute approximate surface area is 180 Å². The number of benzene rings is 2. The zero-order valence-electron chi connectivity index (χ0n) is 17.8. The van der Waals surface area contributed by atoms with Crippen LogP contribution in [0.5, 0.6) is 11.5 Å². The van der Waals surface area contributed by atoms with Gasteiger partial charge in [-0.15, -0.1) is 0 Å². The van der Waals surface area contributed by atoms with Crippen LogP contribution in [-0.4, -0.2) is 66.3 Å². The molecule has 1 aromatic heterocycles. The maximum atomic E-state index is 12.9. The van der Waals surface area contributed by atoms with E-state index in [9.17, 15) is 9.59 Å². The van der Waals surface area contributed by atoms with Crippen molar-refractivity contribution >= 4 is 16.7 Å². The van der Waals surface area contributed by atoms with Crippen molar-refractivity contribution in [1.82, 2.24) is 20.0 Å². The van der Waals surface area contributed by atoms with Crippen molar-refractivity contribution in [3.8, 4) is 11.5 Å². The predicted octanol–water partition coefficient (Wildman–Crippen LogP) is 1.83. The molecule has 1 saturated heterocycles. The molecule has 1 aliphatic heterocycles. The summed E-state index contributed by atoms with van der Waals surface area (Å²) in [4.78, 5) is 29.0. The number of nitrogens with zero attached hydrogens (tertiary/aromatic N) is 3. The Balaban J connectivity index is 1.36. The Bertz CT molecular complexity index is 1140. The van der Waals surface area contributed by atoms with Gasteiger partial charge in [-0.05, 0) is 23.8 Å². The summed E-state index contributed by atoms with van der Waals surface area (Å²) in [6, 6.07) is 13.2. The van der Waals surface area contributed by atoms with Crippen LogP contribution in [0.25, 0.3) is 10.8 Å². The first-order valence-corrected chi connectivity index (χ1v) is 10.3. The molecule has 8 nitrogen and oxygen atoms in total. The zero-order valence-corrected chi connectivity index (χ0v) is 17.8. The summed E-state index contributed by atoms with van der Waals surface area (Å²) in [7, 11) is 3.26. The molecule has 0 atom stereocenters. The van der Waals surface area contributed by atoms with Crippen LogP contribution in [-0.2, 0) is 17.8 Å². The SMILES string of the molecule is COc1ccc(CN2CCN(C(=O)Cc3n[nH]c(=O)c4ccccc34)CC2)cc1OC. The van der Waals surface area contributed by atoms with Crippen LogP contribution in [0.2, 0.25) is 0 Å². The lowest BCUT2D eigenvalue weighted by molar-refractivity contribution is -0.132. The molecule has 162 valence electrons. The van der Waals surface area contributed by atoms with Gasteiger partial charge < -0.3 is 14.4 Å². The predicted molar refractivity (Wildman–Crippen MR) is 117 cm³/mol. The quantitative estimate of drug-likeness (QED) is 0.652. The highest BCUT2D eigenvalue weighted by molar-refractivity contribution is 5.88. The zero-order chi connectivity index (χ0) is 21.8. The fraction of sp³-hybridized carbons (Fsp3) is 0.348. The standard InChI is InChI=1S/C23H26N4O4/c1-30-20-8-7-16(13-21(20)31-2)15-26-9-11-27(12-10-26)22(28)14-19-17-5-3-4-6-18(17)23(29)25-24-19/h3-8,13H,9-12,14-15H2,1-2H3,(H,25,29). The maximum absolute atomic E-state index is 12.9. The molecule has 0 spiro atoms. The fourth-order valence-electron chi connectivity index (χ4n) is 3.95. The van der Waals surface area contributed by atoms with Gasteiger partial charge in [0.15, 0.2) is 11.5 Å². The van der Waals surface area contributed by atoms with Gasteiger partial charge in [0, 0.05) is 38.1 Å². The second-order valence-electron chi connectivity index (χ2n) is 7.57. The van der Waals surface area contributed by atoms with Crippen LogP contribution in [0.1, 0.15) is 11.3 Å². The molecule has 8 heteroatoms. The lowest BCUT2D eigenvalue weighted by Crippen LogP contribution is -2.48. The molecule has 1 amide bonds. The van der Waals surface area contributed by atoms with Gasteiger partial charge in [-0.25, -0.2) is 5.10 Å². The van der Waals surface area contributed by atoms with E-state index in [0.717, 1.165) is 36.3 Å². The molecule has 31 heavy (non-hydrogen) atoms. The normalized spacial score (nSPS) is 14.6. The molecular formula is C23H26N4O4. The lowest BCUT2D eigenvalue weighted by atomic mass is 10.1. The number of fused-ring (bicyclic) bond motifs is 1. The third-order valence-electron chi connectivity index (χ3n) is 5.67. The molecule has 3 aromatic rings. The maximum Gasteiger partial charge on any atom is 0.272 e. The van der Waals surface area contributed by atoms with Gasteiger partial charge in [-0.3, -0.25) is 14.5 Å². The Morgan fingerprint density at radius 2 is 1.71 bits per heavy atom. The first kappa shape index (κ1) is 20.9. The van der Waals surface area contributed by atoms with E-state index in [2.05, 4.69) is 15.1 Å².